The summed E-state index contributed by atoms with van der Waals surface area (Å²) in [6.07, 6.45) is -0.0912. The highest BCUT2D eigenvalue weighted by atomic mass is 35.5. The van der Waals surface area contributed by atoms with Crippen molar-refractivity contribution in [1.29, 1.82) is 0 Å². The lowest BCUT2D eigenvalue weighted by Gasteiger charge is -2.17. The van der Waals surface area contributed by atoms with Crippen LogP contribution >= 0.6 is 11.6 Å². The summed E-state index contributed by atoms with van der Waals surface area (Å²) in [5.74, 6) is -1.06. The summed E-state index contributed by atoms with van der Waals surface area (Å²) in [5.41, 5.74) is 0.915. The largest absolute Gasteiger partial charge is 0.393 e. The average molecular weight is 254 g/mol. The molecule has 0 aromatic heterocycles. The Morgan fingerprint density at radius 1 is 1.41 bits per heavy atom. The number of carbonyl (C=O) groups is 2. The summed E-state index contributed by atoms with van der Waals surface area (Å²) in [7, 11) is 0. The molecule has 1 amide bonds. The predicted octanol–water partition coefficient (Wildman–Crippen LogP) is 1.64. The third-order valence-corrected chi connectivity index (χ3v) is 2.94. The number of hydrogen-bond acceptors (Lipinski definition) is 3. The van der Waals surface area contributed by atoms with Crippen LogP contribution in [0.1, 0.15) is 23.7 Å². The molecular formula is C12H12ClNO3. The van der Waals surface area contributed by atoms with Gasteiger partial charge >= 0.3 is 0 Å². The van der Waals surface area contributed by atoms with E-state index >= 15 is 0 Å². The normalized spacial score (nSPS) is 16.3. The number of fused-ring (bicyclic) bond motifs is 1. The molecule has 0 saturated carbocycles. The van der Waals surface area contributed by atoms with E-state index in [0.717, 1.165) is 0 Å². The summed E-state index contributed by atoms with van der Waals surface area (Å²) in [4.78, 5) is 24.8. The Morgan fingerprint density at radius 3 is 2.76 bits per heavy atom. The highest BCUT2D eigenvalue weighted by molar-refractivity contribution is 6.52. The quantitative estimate of drug-likeness (QED) is 0.833. The molecule has 1 aliphatic rings. The topological polar surface area (TPSA) is 57.6 Å². The fourth-order valence-corrected chi connectivity index (χ4v) is 1.97. The molecule has 1 aromatic carbocycles. The van der Waals surface area contributed by atoms with Crippen molar-refractivity contribution in [2.45, 2.75) is 19.4 Å². The van der Waals surface area contributed by atoms with Crippen LogP contribution in [0.3, 0.4) is 0 Å². The predicted molar refractivity (Wildman–Crippen MR) is 64.4 cm³/mol. The second kappa shape index (κ2) is 4.47. The Labute approximate surface area is 104 Å². The minimum absolute atomic E-state index is 0.315. The Morgan fingerprint density at radius 2 is 2.12 bits per heavy atom. The smallest absolute Gasteiger partial charge is 0.299 e. The van der Waals surface area contributed by atoms with Crippen LogP contribution in [0.15, 0.2) is 18.2 Å². The maximum atomic E-state index is 11.7. The molecule has 1 aromatic rings. The lowest BCUT2D eigenvalue weighted by Crippen LogP contribution is -2.32. The van der Waals surface area contributed by atoms with Gasteiger partial charge in [-0.1, -0.05) is 11.6 Å². The van der Waals surface area contributed by atoms with Crippen molar-refractivity contribution in [3.63, 3.8) is 0 Å². The first-order valence-corrected chi connectivity index (χ1v) is 5.72. The lowest BCUT2D eigenvalue weighted by atomic mass is 10.1. The van der Waals surface area contributed by atoms with Gasteiger partial charge in [0.2, 0.25) is 0 Å². The third-order valence-electron chi connectivity index (χ3n) is 2.71. The number of aliphatic hydroxyl groups excluding tert-OH is 1. The van der Waals surface area contributed by atoms with Crippen LogP contribution in [0.25, 0.3) is 0 Å². The van der Waals surface area contributed by atoms with E-state index in [-0.39, 0.29) is 0 Å². The van der Waals surface area contributed by atoms with Crippen LogP contribution < -0.4 is 4.90 Å². The minimum Gasteiger partial charge on any atom is -0.393 e. The Kier molecular flexibility index (Phi) is 3.17. The van der Waals surface area contributed by atoms with Crippen LogP contribution in [0.4, 0.5) is 5.69 Å². The number of Topliss-reactive ketones (excluding diaryl/α,β-unsaturated/α-hetero) is 1. The van der Waals surface area contributed by atoms with Gasteiger partial charge in [-0.05, 0) is 31.5 Å². The van der Waals surface area contributed by atoms with Crippen molar-refractivity contribution in [3.05, 3.63) is 28.8 Å². The van der Waals surface area contributed by atoms with E-state index in [9.17, 15) is 14.7 Å². The fourth-order valence-electron chi connectivity index (χ4n) is 1.81. The molecule has 0 aliphatic carbocycles. The molecule has 1 unspecified atom stereocenters. The number of nitrogens with zero attached hydrogens (tertiary/aromatic N) is 1. The Hall–Kier alpha value is -1.39. The van der Waals surface area contributed by atoms with Crippen molar-refractivity contribution < 1.29 is 14.7 Å². The molecule has 1 N–H and O–H groups in total. The highest BCUT2D eigenvalue weighted by Gasteiger charge is 2.35. The summed E-state index contributed by atoms with van der Waals surface area (Å²) in [6.45, 7) is 1.96. The molecule has 0 fully saturated rings. The number of aliphatic hydroxyl groups is 1. The fraction of sp³-hybridized carbons (Fsp3) is 0.333. The number of halogens is 1. The van der Waals surface area contributed by atoms with Gasteiger partial charge in [0.15, 0.2) is 0 Å². The highest BCUT2D eigenvalue weighted by Crippen LogP contribution is 2.31. The molecule has 1 atom stereocenters. The van der Waals surface area contributed by atoms with Gasteiger partial charge < -0.3 is 10.0 Å². The second-order valence-electron chi connectivity index (χ2n) is 4.09. The van der Waals surface area contributed by atoms with Gasteiger partial charge in [0, 0.05) is 11.6 Å². The number of rotatable bonds is 3. The lowest BCUT2D eigenvalue weighted by molar-refractivity contribution is -0.114. The molecular weight excluding hydrogens is 242 g/mol. The van der Waals surface area contributed by atoms with Crippen LogP contribution in [0, 0.1) is 0 Å². The average Bonchev–Trinajstić information content (AvgIpc) is 2.49. The molecule has 0 bridgehead atoms. The number of hydrogen-bond donors (Lipinski definition) is 1. The molecule has 0 radical (unpaired) electrons. The number of benzene rings is 1. The maximum Gasteiger partial charge on any atom is 0.299 e. The monoisotopic (exact) mass is 253 g/mol. The van der Waals surface area contributed by atoms with E-state index in [4.69, 9.17) is 11.6 Å². The molecule has 5 heteroatoms. The molecule has 90 valence electrons. The van der Waals surface area contributed by atoms with Crippen molar-refractivity contribution in [3.8, 4) is 0 Å². The zero-order valence-corrected chi connectivity index (χ0v) is 10.1. The van der Waals surface area contributed by atoms with Gasteiger partial charge in [0.25, 0.3) is 11.7 Å². The Balaban J connectivity index is 2.33. The summed E-state index contributed by atoms with van der Waals surface area (Å²) < 4.78 is 0. The van der Waals surface area contributed by atoms with Crippen LogP contribution in [-0.2, 0) is 4.79 Å². The molecule has 1 aliphatic heterocycles. The number of amides is 1. The van der Waals surface area contributed by atoms with E-state index in [1.54, 1.807) is 25.1 Å². The van der Waals surface area contributed by atoms with Gasteiger partial charge in [-0.2, -0.15) is 0 Å². The molecule has 0 saturated heterocycles. The first-order valence-electron chi connectivity index (χ1n) is 5.34. The maximum absolute atomic E-state index is 11.7. The van der Waals surface area contributed by atoms with Gasteiger partial charge in [-0.15, -0.1) is 0 Å². The van der Waals surface area contributed by atoms with Crippen LogP contribution in [0.5, 0.6) is 0 Å². The minimum atomic E-state index is -0.553. The summed E-state index contributed by atoms with van der Waals surface area (Å²) in [5, 5.41) is 9.70. The van der Waals surface area contributed by atoms with Crippen molar-refractivity contribution in [2.24, 2.45) is 0 Å². The van der Waals surface area contributed by atoms with E-state index in [1.165, 1.54) is 4.90 Å². The molecule has 0 spiro atoms. The summed E-state index contributed by atoms with van der Waals surface area (Å²) >= 11 is 5.85. The van der Waals surface area contributed by atoms with Crippen molar-refractivity contribution in [2.75, 3.05) is 11.4 Å². The van der Waals surface area contributed by atoms with Gasteiger partial charge in [0.1, 0.15) is 0 Å². The zero-order valence-electron chi connectivity index (χ0n) is 9.31. The van der Waals surface area contributed by atoms with E-state index < -0.39 is 17.8 Å². The van der Waals surface area contributed by atoms with Gasteiger partial charge in [-0.3, -0.25) is 9.59 Å². The molecule has 4 nitrogen and oxygen atoms in total. The van der Waals surface area contributed by atoms with Gasteiger partial charge in [0.05, 0.1) is 17.4 Å². The number of ketones is 1. The van der Waals surface area contributed by atoms with Crippen LogP contribution in [0.2, 0.25) is 5.02 Å². The standard InChI is InChI=1S/C12H12ClNO3/c1-7(15)4-5-14-10-6-8(13)2-3-9(10)11(16)12(14)17/h2-3,6-7,15H,4-5H2,1H3. The first kappa shape index (κ1) is 12.1. The SMILES string of the molecule is CC(O)CCN1C(=O)C(=O)c2ccc(Cl)cc21. The third kappa shape index (κ3) is 2.18. The molecule has 1 heterocycles. The number of carbonyl (C=O) groups excluding carboxylic acids is 2. The van der Waals surface area contributed by atoms with E-state index in [1.807, 2.05) is 0 Å². The van der Waals surface area contributed by atoms with Crippen molar-refractivity contribution in [1.82, 2.24) is 0 Å². The number of anilines is 1. The second-order valence-corrected chi connectivity index (χ2v) is 4.52. The van der Waals surface area contributed by atoms with Crippen molar-refractivity contribution >= 4 is 29.0 Å². The first-order chi connectivity index (χ1) is 8.00. The van der Waals surface area contributed by atoms with Crippen LogP contribution in [-0.4, -0.2) is 29.4 Å². The Bertz CT molecular complexity index is 485. The van der Waals surface area contributed by atoms with Gasteiger partial charge in [-0.25, -0.2) is 0 Å². The summed E-state index contributed by atoms with van der Waals surface area (Å²) in [6, 6.07) is 4.74. The van der Waals surface area contributed by atoms with E-state index in [0.29, 0.717) is 29.2 Å². The molecule has 2 rings (SSSR count). The molecule has 17 heavy (non-hydrogen) atoms. The van der Waals surface area contributed by atoms with E-state index in [2.05, 4.69) is 0 Å². The zero-order chi connectivity index (χ0) is 12.6.